The third-order valence-electron chi connectivity index (χ3n) is 3.84. The molecule has 1 heterocycles. The Hall–Kier alpha value is -1.30. The summed E-state index contributed by atoms with van der Waals surface area (Å²) in [6.07, 6.45) is 0. The monoisotopic (exact) mass is 307 g/mol. The van der Waals surface area contributed by atoms with E-state index in [0.29, 0.717) is 6.61 Å². The SMILES string of the molecule is CCOc1cc(CNCCN2CCOCC2)ccc1N(C)C. The van der Waals surface area contributed by atoms with Crippen LogP contribution in [0, 0.1) is 0 Å². The summed E-state index contributed by atoms with van der Waals surface area (Å²) in [7, 11) is 4.08. The molecule has 22 heavy (non-hydrogen) atoms. The van der Waals surface area contributed by atoms with Crippen molar-refractivity contribution in [2.24, 2.45) is 0 Å². The number of rotatable bonds is 8. The summed E-state index contributed by atoms with van der Waals surface area (Å²) in [5.74, 6) is 0.958. The summed E-state index contributed by atoms with van der Waals surface area (Å²) in [5.41, 5.74) is 2.38. The molecule has 0 aliphatic carbocycles. The number of nitrogens with one attached hydrogen (secondary N) is 1. The van der Waals surface area contributed by atoms with Crippen LogP contribution >= 0.6 is 0 Å². The molecule has 2 rings (SSSR count). The Bertz CT molecular complexity index is 446. The van der Waals surface area contributed by atoms with Gasteiger partial charge in [0, 0.05) is 46.8 Å². The van der Waals surface area contributed by atoms with E-state index in [1.807, 2.05) is 21.0 Å². The molecular weight excluding hydrogens is 278 g/mol. The lowest BCUT2D eigenvalue weighted by Crippen LogP contribution is -2.40. The van der Waals surface area contributed by atoms with Gasteiger partial charge in [0.25, 0.3) is 0 Å². The Morgan fingerprint density at radius 1 is 1.27 bits per heavy atom. The largest absolute Gasteiger partial charge is 0.492 e. The summed E-state index contributed by atoms with van der Waals surface area (Å²) in [5, 5.41) is 3.52. The van der Waals surface area contributed by atoms with Gasteiger partial charge in [-0.25, -0.2) is 0 Å². The molecule has 124 valence electrons. The zero-order chi connectivity index (χ0) is 15.8. The lowest BCUT2D eigenvalue weighted by atomic mass is 10.1. The van der Waals surface area contributed by atoms with Gasteiger partial charge in [0.15, 0.2) is 0 Å². The van der Waals surface area contributed by atoms with Crippen molar-refractivity contribution in [2.45, 2.75) is 13.5 Å². The molecule has 1 aliphatic heterocycles. The summed E-state index contributed by atoms with van der Waals surface area (Å²) < 4.78 is 11.1. The van der Waals surface area contributed by atoms with Gasteiger partial charge in [0.2, 0.25) is 0 Å². The third kappa shape index (κ3) is 5.16. The van der Waals surface area contributed by atoms with Crippen LogP contribution in [0.5, 0.6) is 5.75 Å². The van der Waals surface area contributed by atoms with Gasteiger partial charge in [-0.05, 0) is 24.6 Å². The smallest absolute Gasteiger partial charge is 0.142 e. The van der Waals surface area contributed by atoms with E-state index in [-0.39, 0.29) is 0 Å². The summed E-state index contributed by atoms with van der Waals surface area (Å²) in [6, 6.07) is 6.43. The van der Waals surface area contributed by atoms with Crippen LogP contribution in [0.4, 0.5) is 5.69 Å². The van der Waals surface area contributed by atoms with Gasteiger partial charge >= 0.3 is 0 Å². The molecule has 5 nitrogen and oxygen atoms in total. The molecule has 1 aromatic carbocycles. The number of benzene rings is 1. The van der Waals surface area contributed by atoms with Crippen molar-refractivity contribution < 1.29 is 9.47 Å². The van der Waals surface area contributed by atoms with Crippen LogP contribution < -0.4 is 15.0 Å². The second-order valence-electron chi connectivity index (χ2n) is 5.76. The molecule has 1 aromatic rings. The van der Waals surface area contributed by atoms with Gasteiger partial charge in [-0.15, -0.1) is 0 Å². The first-order valence-corrected chi connectivity index (χ1v) is 8.14. The molecule has 1 fully saturated rings. The Kier molecular flexibility index (Phi) is 6.96. The summed E-state index contributed by atoms with van der Waals surface area (Å²) in [6.45, 7) is 9.49. The maximum Gasteiger partial charge on any atom is 0.142 e. The van der Waals surface area contributed by atoms with Crippen LogP contribution in [0.2, 0.25) is 0 Å². The highest BCUT2D eigenvalue weighted by Crippen LogP contribution is 2.28. The van der Waals surface area contributed by atoms with Crippen LogP contribution in [-0.4, -0.2) is 65.0 Å². The van der Waals surface area contributed by atoms with Gasteiger partial charge < -0.3 is 19.7 Å². The molecule has 5 heteroatoms. The zero-order valence-corrected chi connectivity index (χ0v) is 14.1. The standard InChI is InChI=1S/C17H29N3O2/c1-4-22-17-13-15(5-6-16(17)19(2)3)14-18-7-8-20-9-11-21-12-10-20/h5-6,13,18H,4,7-12,14H2,1-3H3. The van der Waals surface area contributed by atoms with E-state index in [2.05, 4.69) is 33.3 Å². The van der Waals surface area contributed by atoms with E-state index in [4.69, 9.17) is 9.47 Å². The molecule has 0 atom stereocenters. The van der Waals surface area contributed by atoms with Crippen LogP contribution in [0.1, 0.15) is 12.5 Å². The molecule has 0 radical (unpaired) electrons. The first-order chi connectivity index (χ1) is 10.7. The highest BCUT2D eigenvalue weighted by atomic mass is 16.5. The van der Waals surface area contributed by atoms with Gasteiger partial charge in [-0.2, -0.15) is 0 Å². The Morgan fingerprint density at radius 2 is 2.05 bits per heavy atom. The van der Waals surface area contributed by atoms with Crippen molar-refractivity contribution in [3.8, 4) is 5.75 Å². The Balaban J connectivity index is 1.80. The van der Waals surface area contributed by atoms with Gasteiger partial charge in [0.05, 0.1) is 25.5 Å². The van der Waals surface area contributed by atoms with Gasteiger partial charge in [-0.1, -0.05) is 6.07 Å². The molecule has 1 N–H and O–H groups in total. The predicted molar refractivity (Wildman–Crippen MR) is 90.9 cm³/mol. The fraction of sp³-hybridized carbons (Fsp3) is 0.647. The van der Waals surface area contributed by atoms with E-state index in [1.54, 1.807) is 0 Å². The summed E-state index contributed by atoms with van der Waals surface area (Å²) >= 11 is 0. The minimum Gasteiger partial charge on any atom is -0.492 e. The number of anilines is 1. The number of ether oxygens (including phenoxy) is 2. The Labute approximate surface area is 134 Å². The van der Waals surface area contributed by atoms with Gasteiger partial charge in [-0.3, -0.25) is 4.90 Å². The maximum absolute atomic E-state index is 5.75. The van der Waals surface area contributed by atoms with Crippen molar-refractivity contribution in [2.75, 3.05) is 65.0 Å². The minimum absolute atomic E-state index is 0.689. The molecule has 0 bridgehead atoms. The van der Waals surface area contributed by atoms with Crippen molar-refractivity contribution in [1.82, 2.24) is 10.2 Å². The van der Waals surface area contributed by atoms with E-state index in [9.17, 15) is 0 Å². The van der Waals surface area contributed by atoms with Gasteiger partial charge in [0.1, 0.15) is 5.75 Å². The molecule has 0 spiro atoms. The fourth-order valence-corrected chi connectivity index (χ4v) is 2.60. The van der Waals surface area contributed by atoms with Crippen molar-refractivity contribution in [3.05, 3.63) is 23.8 Å². The second kappa shape index (κ2) is 8.98. The molecule has 0 aromatic heterocycles. The molecule has 0 saturated carbocycles. The number of morpholine rings is 1. The normalized spacial score (nSPS) is 15.8. The molecule has 0 amide bonds. The van der Waals surface area contributed by atoms with Crippen molar-refractivity contribution >= 4 is 5.69 Å². The van der Waals surface area contributed by atoms with E-state index < -0.39 is 0 Å². The lowest BCUT2D eigenvalue weighted by Gasteiger charge is -2.26. The maximum atomic E-state index is 5.75. The zero-order valence-electron chi connectivity index (χ0n) is 14.1. The number of hydrogen-bond donors (Lipinski definition) is 1. The third-order valence-corrected chi connectivity index (χ3v) is 3.84. The molecule has 1 saturated heterocycles. The predicted octanol–water partition coefficient (Wildman–Crippen LogP) is 1.57. The summed E-state index contributed by atoms with van der Waals surface area (Å²) in [4.78, 5) is 4.53. The number of hydrogen-bond acceptors (Lipinski definition) is 5. The van der Waals surface area contributed by atoms with Crippen LogP contribution in [0.3, 0.4) is 0 Å². The first kappa shape index (κ1) is 17.1. The highest BCUT2D eigenvalue weighted by Gasteiger charge is 2.10. The fourth-order valence-electron chi connectivity index (χ4n) is 2.60. The first-order valence-electron chi connectivity index (χ1n) is 8.14. The second-order valence-corrected chi connectivity index (χ2v) is 5.76. The van der Waals surface area contributed by atoms with Crippen LogP contribution in [0.15, 0.2) is 18.2 Å². The van der Waals surface area contributed by atoms with E-state index in [0.717, 1.165) is 57.4 Å². The van der Waals surface area contributed by atoms with Crippen molar-refractivity contribution in [3.63, 3.8) is 0 Å². The lowest BCUT2D eigenvalue weighted by molar-refractivity contribution is 0.0384. The molecule has 0 unspecified atom stereocenters. The van der Waals surface area contributed by atoms with Crippen LogP contribution in [-0.2, 0) is 11.3 Å². The van der Waals surface area contributed by atoms with Crippen LogP contribution in [0.25, 0.3) is 0 Å². The Morgan fingerprint density at radius 3 is 2.73 bits per heavy atom. The quantitative estimate of drug-likeness (QED) is 0.738. The number of nitrogens with zero attached hydrogens (tertiary/aromatic N) is 2. The highest BCUT2D eigenvalue weighted by molar-refractivity contribution is 5.58. The average molecular weight is 307 g/mol. The minimum atomic E-state index is 0.689. The average Bonchev–Trinajstić information content (AvgIpc) is 2.53. The molecular formula is C17H29N3O2. The van der Waals surface area contributed by atoms with Crippen molar-refractivity contribution in [1.29, 1.82) is 0 Å². The topological polar surface area (TPSA) is 37.0 Å². The van der Waals surface area contributed by atoms with E-state index >= 15 is 0 Å². The molecule has 1 aliphatic rings. The van der Waals surface area contributed by atoms with E-state index in [1.165, 1.54) is 5.56 Å².